The summed E-state index contributed by atoms with van der Waals surface area (Å²) in [6, 6.07) is -0.639. The zero-order valence-corrected chi connectivity index (χ0v) is 36.9. The van der Waals surface area contributed by atoms with Gasteiger partial charge in [0.25, 0.3) is 0 Å². The molecule has 0 aliphatic carbocycles. The third-order valence-electron chi connectivity index (χ3n) is 11.3. The number of allylic oxidation sites excluding steroid dienone is 1. The summed E-state index contributed by atoms with van der Waals surface area (Å²) in [5, 5.41) is 23.0. The van der Waals surface area contributed by atoms with E-state index in [4.69, 9.17) is 4.74 Å². The zero-order valence-electron chi connectivity index (χ0n) is 36.9. The molecule has 0 aliphatic rings. The lowest BCUT2D eigenvalue weighted by molar-refractivity contribution is -0.143. The molecule has 6 heteroatoms. The summed E-state index contributed by atoms with van der Waals surface area (Å²) in [6.45, 7) is 4.86. The standard InChI is InChI=1S/C49H95NO5/c1-3-5-7-9-11-13-15-17-19-21-25-29-33-37-41-47(52)46(45-51)50-48(53)42-38-34-30-26-22-20-24-28-32-36-40-44-55-49(54)43-39-35-31-27-23-18-16-14-12-10-8-6-4-2/h37,41,46-47,51-52H,3-36,38-40,42-45H2,1-2H3,(H,50,53)/b41-37+. The predicted octanol–water partition coefficient (Wildman–Crippen LogP) is 14.2. The summed E-state index contributed by atoms with van der Waals surface area (Å²) >= 11 is 0. The molecule has 0 aliphatic heterocycles. The minimum atomic E-state index is -0.854. The molecule has 0 rings (SSSR count). The maximum absolute atomic E-state index is 12.4. The average molecular weight is 778 g/mol. The van der Waals surface area contributed by atoms with Gasteiger partial charge in [-0.05, 0) is 32.1 Å². The fourth-order valence-electron chi connectivity index (χ4n) is 7.51. The van der Waals surface area contributed by atoms with Crippen LogP contribution in [0.5, 0.6) is 0 Å². The Bertz CT molecular complexity index is 817. The highest BCUT2D eigenvalue weighted by Crippen LogP contribution is 2.16. The largest absolute Gasteiger partial charge is 0.466 e. The molecule has 0 radical (unpaired) electrons. The highest BCUT2D eigenvalue weighted by Gasteiger charge is 2.18. The molecule has 3 N–H and O–H groups in total. The first-order chi connectivity index (χ1) is 27.0. The third kappa shape index (κ3) is 42.0. The van der Waals surface area contributed by atoms with Crippen LogP contribution in [0.4, 0.5) is 0 Å². The first-order valence-electron chi connectivity index (χ1n) is 24.5. The summed E-state index contributed by atoms with van der Waals surface area (Å²) < 4.78 is 5.45. The Labute approximate surface area is 342 Å². The van der Waals surface area contributed by atoms with Crippen LogP contribution in [0, 0.1) is 0 Å². The van der Waals surface area contributed by atoms with Crippen LogP contribution in [0.25, 0.3) is 0 Å². The SMILES string of the molecule is CCCCCCCCCCCCCC/C=C/C(O)C(CO)NC(=O)CCCCCCCCCCCCCOC(=O)CCCCCCCCCCCCCCC. The minimum absolute atomic E-state index is 0.0140. The van der Waals surface area contributed by atoms with Crippen molar-refractivity contribution in [2.75, 3.05) is 13.2 Å². The van der Waals surface area contributed by atoms with E-state index in [9.17, 15) is 19.8 Å². The number of amides is 1. The Kier molecular flexibility index (Phi) is 44.2. The number of aliphatic hydroxyl groups excluding tert-OH is 2. The fraction of sp³-hybridized carbons (Fsp3) is 0.918. The maximum atomic E-state index is 12.4. The lowest BCUT2D eigenvalue weighted by Gasteiger charge is -2.20. The van der Waals surface area contributed by atoms with Gasteiger partial charge in [-0.25, -0.2) is 0 Å². The lowest BCUT2D eigenvalue weighted by Crippen LogP contribution is -2.45. The summed E-state index contributed by atoms with van der Waals surface area (Å²) in [5.41, 5.74) is 0. The van der Waals surface area contributed by atoms with Crippen LogP contribution in [0.1, 0.15) is 264 Å². The van der Waals surface area contributed by atoms with Crippen molar-refractivity contribution in [3.63, 3.8) is 0 Å². The van der Waals surface area contributed by atoms with E-state index in [1.165, 1.54) is 180 Å². The summed E-state index contributed by atoms with van der Waals surface area (Å²) in [7, 11) is 0. The van der Waals surface area contributed by atoms with E-state index >= 15 is 0 Å². The van der Waals surface area contributed by atoms with Crippen molar-refractivity contribution in [1.29, 1.82) is 0 Å². The number of ether oxygens (including phenoxy) is 1. The third-order valence-corrected chi connectivity index (χ3v) is 11.3. The Balaban J connectivity index is 3.50. The van der Waals surface area contributed by atoms with Crippen molar-refractivity contribution in [2.45, 2.75) is 276 Å². The quantitative estimate of drug-likeness (QED) is 0.0325. The van der Waals surface area contributed by atoms with Crippen molar-refractivity contribution >= 4 is 11.9 Å². The van der Waals surface area contributed by atoms with Crippen LogP contribution < -0.4 is 5.32 Å². The van der Waals surface area contributed by atoms with E-state index in [0.717, 1.165) is 57.8 Å². The van der Waals surface area contributed by atoms with Crippen LogP contribution in [0.2, 0.25) is 0 Å². The highest BCUT2D eigenvalue weighted by atomic mass is 16.5. The molecule has 1 amide bonds. The molecule has 0 aromatic heterocycles. The van der Waals surface area contributed by atoms with E-state index in [1.54, 1.807) is 6.08 Å². The number of unbranched alkanes of at least 4 members (excludes halogenated alkanes) is 34. The molecule has 326 valence electrons. The van der Waals surface area contributed by atoms with Gasteiger partial charge in [-0.1, -0.05) is 231 Å². The number of aliphatic hydroxyl groups is 2. The molecule has 0 spiro atoms. The van der Waals surface area contributed by atoms with E-state index in [-0.39, 0.29) is 18.5 Å². The molecule has 2 atom stereocenters. The molecule has 2 unspecified atom stereocenters. The smallest absolute Gasteiger partial charge is 0.305 e. The van der Waals surface area contributed by atoms with Gasteiger partial charge in [0.2, 0.25) is 5.91 Å². The molecule has 0 fully saturated rings. The Morgan fingerprint density at radius 2 is 0.836 bits per heavy atom. The van der Waals surface area contributed by atoms with Gasteiger partial charge in [-0.3, -0.25) is 9.59 Å². The Morgan fingerprint density at radius 3 is 1.24 bits per heavy atom. The second-order valence-corrected chi connectivity index (χ2v) is 16.8. The molecule has 0 aromatic carbocycles. The summed E-state index contributed by atoms with van der Waals surface area (Å²) in [4.78, 5) is 24.4. The number of esters is 1. The first-order valence-corrected chi connectivity index (χ1v) is 24.5. The maximum Gasteiger partial charge on any atom is 0.305 e. The number of hydrogen-bond donors (Lipinski definition) is 3. The van der Waals surface area contributed by atoms with Crippen LogP contribution in [0.15, 0.2) is 12.2 Å². The van der Waals surface area contributed by atoms with E-state index < -0.39 is 12.1 Å². The minimum Gasteiger partial charge on any atom is -0.466 e. The number of carbonyl (C=O) groups excluding carboxylic acids is 2. The average Bonchev–Trinajstić information content (AvgIpc) is 3.18. The van der Waals surface area contributed by atoms with Crippen molar-refractivity contribution in [1.82, 2.24) is 5.32 Å². The van der Waals surface area contributed by atoms with Crippen molar-refractivity contribution in [3.05, 3.63) is 12.2 Å². The van der Waals surface area contributed by atoms with Gasteiger partial charge in [0, 0.05) is 12.8 Å². The first kappa shape index (κ1) is 53.6. The van der Waals surface area contributed by atoms with Crippen LogP contribution >= 0.6 is 0 Å². The second kappa shape index (κ2) is 45.3. The van der Waals surface area contributed by atoms with E-state index in [2.05, 4.69) is 19.2 Å². The van der Waals surface area contributed by atoms with Crippen LogP contribution in [-0.2, 0) is 14.3 Å². The van der Waals surface area contributed by atoms with Gasteiger partial charge < -0.3 is 20.3 Å². The number of nitrogens with one attached hydrogen (secondary N) is 1. The fourth-order valence-corrected chi connectivity index (χ4v) is 7.51. The van der Waals surface area contributed by atoms with Gasteiger partial charge in [0.1, 0.15) is 0 Å². The van der Waals surface area contributed by atoms with Crippen LogP contribution in [-0.4, -0.2) is 47.4 Å². The topological polar surface area (TPSA) is 95.9 Å². The molecule has 0 heterocycles. The van der Waals surface area contributed by atoms with E-state index in [0.29, 0.717) is 19.4 Å². The molecule has 0 saturated carbocycles. The number of rotatable bonds is 45. The van der Waals surface area contributed by atoms with Crippen molar-refractivity contribution in [2.24, 2.45) is 0 Å². The molecule has 6 nitrogen and oxygen atoms in total. The van der Waals surface area contributed by atoms with Crippen molar-refractivity contribution in [3.8, 4) is 0 Å². The number of carbonyl (C=O) groups is 2. The van der Waals surface area contributed by atoms with Gasteiger partial charge >= 0.3 is 5.97 Å². The Morgan fingerprint density at radius 1 is 0.491 bits per heavy atom. The van der Waals surface area contributed by atoms with Crippen LogP contribution in [0.3, 0.4) is 0 Å². The van der Waals surface area contributed by atoms with E-state index in [1.807, 2.05) is 6.08 Å². The van der Waals surface area contributed by atoms with Gasteiger partial charge in [0.05, 0.1) is 25.4 Å². The normalized spacial score (nSPS) is 12.7. The molecule has 0 bridgehead atoms. The molecular formula is C49H95NO5. The molecule has 0 saturated heterocycles. The predicted molar refractivity (Wildman–Crippen MR) is 237 cm³/mol. The Hall–Kier alpha value is -1.40. The van der Waals surface area contributed by atoms with Gasteiger partial charge in [-0.15, -0.1) is 0 Å². The second-order valence-electron chi connectivity index (χ2n) is 16.8. The zero-order chi connectivity index (χ0) is 40.1. The number of hydrogen-bond acceptors (Lipinski definition) is 5. The van der Waals surface area contributed by atoms with Crippen molar-refractivity contribution < 1.29 is 24.5 Å². The highest BCUT2D eigenvalue weighted by molar-refractivity contribution is 5.76. The monoisotopic (exact) mass is 778 g/mol. The molecule has 55 heavy (non-hydrogen) atoms. The molecule has 0 aromatic rings. The molecular weight excluding hydrogens is 683 g/mol. The van der Waals surface area contributed by atoms with Gasteiger partial charge in [0.15, 0.2) is 0 Å². The van der Waals surface area contributed by atoms with Gasteiger partial charge in [-0.2, -0.15) is 0 Å². The lowest BCUT2D eigenvalue weighted by atomic mass is 10.0. The summed E-state index contributed by atoms with van der Waals surface area (Å²) in [6.07, 6.45) is 50.5. The summed E-state index contributed by atoms with van der Waals surface area (Å²) in [5.74, 6) is -0.100.